The second-order valence-corrected chi connectivity index (χ2v) is 4.88. The lowest BCUT2D eigenvalue weighted by Crippen LogP contribution is -1.85. The van der Waals surface area contributed by atoms with Crippen LogP contribution in [0.4, 0.5) is 8.78 Å². The summed E-state index contributed by atoms with van der Waals surface area (Å²) in [6.07, 6.45) is 1.57. The van der Waals surface area contributed by atoms with Gasteiger partial charge in [-0.2, -0.15) is 0 Å². The van der Waals surface area contributed by atoms with Gasteiger partial charge in [0.15, 0.2) is 5.82 Å². The van der Waals surface area contributed by atoms with Crippen LogP contribution >= 0.6 is 27.5 Å². The maximum Gasteiger partial charge on any atom is 0.168 e. The molecule has 0 aliphatic rings. The van der Waals surface area contributed by atoms with Crippen molar-refractivity contribution in [2.75, 3.05) is 0 Å². The van der Waals surface area contributed by atoms with E-state index in [1.165, 1.54) is 6.07 Å². The molecule has 0 bridgehead atoms. The minimum absolute atomic E-state index is 0.164. The van der Waals surface area contributed by atoms with E-state index in [4.69, 9.17) is 11.6 Å². The van der Waals surface area contributed by atoms with Gasteiger partial charge in [-0.1, -0.05) is 11.6 Å². The molecule has 0 saturated heterocycles. The average molecular weight is 318 g/mol. The second kappa shape index (κ2) is 3.65. The molecular formula is C11H4BrClF2N2. The number of pyridine rings is 1. The van der Waals surface area contributed by atoms with E-state index in [0.29, 0.717) is 16.4 Å². The second-order valence-electron chi connectivity index (χ2n) is 3.58. The maximum absolute atomic E-state index is 13.8. The van der Waals surface area contributed by atoms with Gasteiger partial charge in [-0.25, -0.2) is 8.78 Å². The molecule has 2 aromatic heterocycles. The van der Waals surface area contributed by atoms with E-state index in [2.05, 4.69) is 25.9 Å². The molecule has 0 atom stereocenters. The number of nitrogens with one attached hydrogen (secondary N) is 1. The van der Waals surface area contributed by atoms with Gasteiger partial charge < -0.3 is 4.98 Å². The van der Waals surface area contributed by atoms with Crippen LogP contribution in [0.5, 0.6) is 0 Å². The fourth-order valence-corrected chi connectivity index (χ4v) is 2.27. The molecule has 1 aromatic carbocycles. The molecule has 0 spiro atoms. The van der Waals surface area contributed by atoms with Gasteiger partial charge in [0.25, 0.3) is 0 Å². The van der Waals surface area contributed by atoms with Crippen molar-refractivity contribution >= 4 is 49.5 Å². The molecule has 0 saturated carbocycles. The smallest absolute Gasteiger partial charge is 0.168 e. The van der Waals surface area contributed by atoms with Crippen molar-refractivity contribution in [2.24, 2.45) is 0 Å². The van der Waals surface area contributed by atoms with E-state index in [9.17, 15) is 8.78 Å². The first-order valence-electron chi connectivity index (χ1n) is 4.68. The number of rotatable bonds is 0. The summed E-state index contributed by atoms with van der Waals surface area (Å²) < 4.78 is 27.9. The Balaban J connectivity index is 2.56. The molecule has 3 rings (SSSR count). The third kappa shape index (κ3) is 1.53. The average Bonchev–Trinajstić information content (AvgIpc) is 2.64. The third-order valence-electron chi connectivity index (χ3n) is 2.53. The SMILES string of the molecule is Fc1cc2c([nH]c3cc(Br)cnc32)c(F)c1Cl. The van der Waals surface area contributed by atoms with Gasteiger partial charge >= 0.3 is 0 Å². The highest BCUT2D eigenvalue weighted by Gasteiger charge is 2.16. The van der Waals surface area contributed by atoms with Crippen LogP contribution in [0.25, 0.3) is 21.9 Å². The number of aromatic amines is 1. The monoisotopic (exact) mass is 316 g/mol. The molecule has 86 valence electrons. The van der Waals surface area contributed by atoms with Gasteiger partial charge in [0, 0.05) is 16.1 Å². The van der Waals surface area contributed by atoms with Crippen molar-refractivity contribution in [1.29, 1.82) is 0 Å². The largest absolute Gasteiger partial charge is 0.351 e. The van der Waals surface area contributed by atoms with Crippen LogP contribution in [0.2, 0.25) is 5.02 Å². The molecule has 3 aromatic rings. The van der Waals surface area contributed by atoms with E-state index in [1.807, 2.05) is 0 Å². The summed E-state index contributed by atoms with van der Waals surface area (Å²) in [6, 6.07) is 2.92. The Morgan fingerprint density at radius 3 is 2.82 bits per heavy atom. The molecule has 6 heteroatoms. The predicted molar refractivity (Wildman–Crippen MR) is 66.2 cm³/mol. The van der Waals surface area contributed by atoms with Gasteiger partial charge in [-0.15, -0.1) is 0 Å². The molecule has 0 aliphatic carbocycles. The number of nitrogens with zero attached hydrogens (tertiary/aromatic N) is 1. The van der Waals surface area contributed by atoms with Crippen LogP contribution in [-0.4, -0.2) is 9.97 Å². The van der Waals surface area contributed by atoms with E-state index in [-0.39, 0.29) is 5.52 Å². The van der Waals surface area contributed by atoms with Crippen molar-refractivity contribution in [3.63, 3.8) is 0 Å². The zero-order chi connectivity index (χ0) is 12.2. The highest BCUT2D eigenvalue weighted by molar-refractivity contribution is 9.10. The molecule has 0 radical (unpaired) electrons. The van der Waals surface area contributed by atoms with E-state index < -0.39 is 16.7 Å². The molecule has 0 unspecified atom stereocenters. The van der Waals surface area contributed by atoms with Crippen molar-refractivity contribution < 1.29 is 8.78 Å². The summed E-state index contributed by atoms with van der Waals surface area (Å²) in [4.78, 5) is 6.96. The fourth-order valence-electron chi connectivity index (χ4n) is 1.79. The number of fused-ring (bicyclic) bond motifs is 3. The normalized spacial score (nSPS) is 11.5. The van der Waals surface area contributed by atoms with Crippen LogP contribution in [0.3, 0.4) is 0 Å². The Hall–Kier alpha value is -1.20. The van der Waals surface area contributed by atoms with Crippen molar-refractivity contribution in [1.82, 2.24) is 9.97 Å². The van der Waals surface area contributed by atoms with Gasteiger partial charge in [0.2, 0.25) is 0 Å². The van der Waals surface area contributed by atoms with Crippen LogP contribution in [-0.2, 0) is 0 Å². The highest BCUT2D eigenvalue weighted by atomic mass is 79.9. The lowest BCUT2D eigenvalue weighted by Gasteiger charge is -1.97. The zero-order valence-corrected chi connectivity index (χ0v) is 10.5. The summed E-state index contributed by atoms with van der Waals surface area (Å²) in [5.74, 6) is -1.59. The van der Waals surface area contributed by atoms with Gasteiger partial charge in [-0.3, -0.25) is 4.98 Å². The molecule has 17 heavy (non-hydrogen) atoms. The van der Waals surface area contributed by atoms with Crippen LogP contribution in [0.1, 0.15) is 0 Å². The Morgan fingerprint density at radius 2 is 2.06 bits per heavy atom. The minimum atomic E-state index is -0.796. The fraction of sp³-hybridized carbons (Fsp3) is 0. The van der Waals surface area contributed by atoms with E-state index >= 15 is 0 Å². The molecule has 0 amide bonds. The summed E-state index contributed by atoms with van der Waals surface area (Å²) in [5, 5.41) is -0.130. The van der Waals surface area contributed by atoms with E-state index in [0.717, 1.165) is 4.47 Å². The van der Waals surface area contributed by atoms with E-state index in [1.54, 1.807) is 12.3 Å². The minimum Gasteiger partial charge on any atom is -0.351 e. The number of hydrogen-bond donors (Lipinski definition) is 1. The quantitative estimate of drug-likeness (QED) is 0.611. The van der Waals surface area contributed by atoms with Crippen LogP contribution in [0.15, 0.2) is 22.8 Å². The first kappa shape index (κ1) is 10.9. The summed E-state index contributed by atoms with van der Waals surface area (Å²) in [7, 11) is 0. The summed E-state index contributed by atoms with van der Waals surface area (Å²) in [5.41, 5.74) is 1.30. The Morgan fingerprint density at radius 1 is 1.29 bits per heavy atom. The molecule has 0 fully saturated rings. The van der Waals surface area contributed by atoms with Gasteiger partial charge in [0.05, 0.1) is 16.6 Å². The zero-order valence-electron chi connectivity index (χ0n) is 8.19. The highest BCUT2D eigenvalue weighted by Crippen LogP contribution is 2.32. The van der Waals surface area contributed by atoms with Crippen LogP contribution < -0.4 is 0 Å². The number of halogens is 4. The van der Waals surface area contributed by atoms with Crippen molar-refractivity contribution in [3.8, 4) is 0 Å². The topological polar surface area (TPSA) is 28.7 Å². The standard InChI is InChI=1S/C11H4BrClF2N2/c12-4-1-7-10(16-3-4)5-2-6(14)8(13)9(15)11(5)17-7/h1-3,17H. The summed E-state index contributed by atoms with van der Waals surface area (Å²) in [6.45, 7) is 0. The van der Waals surface area contributed by atoms with Crippen molar-refractivity contribution in [3.05, 3.63) is 39.5 Å². The number of benzene rings is 1. The van der Waals surface area contributed by atoms with Crippen LogP contribution in [0, 0.1) is 11.6 Å². The maximum atomic E-state index is 13.8. The summed E-state index contributed by atoms with van der Waals surface area (Å²) >= 11 is 8.78. The van der Waals surface area contributed by atoms with Gasteiger partial charge in [-0.05, 0) is 28.1 Å². The predicted octanol–water partition coefficient (Wildman–Crippen LogP) is 4.41. The van der Waals surface area contributed by atoms with Gasteiger partial charge in [0.1, 0.15) is 10.8 Å². The number of aromatic nitrogens is 2. The lowest BCUT2D eigenvalue weighted by atomic mass is 10.2. The molecule has 2 nitrogen and oxygen atoms in total. The molecule has 0 aliphatic heterocycles. The first-order chi connectivity index (χ1) is 8.08. The third-order valence-corrected chi connectivity index (χ3v) is 3.31. The Labute approximate surface area is 108 Å². The number of H-pyrrole nitrogens is 1. The molecule has 2 heterocycles. The first-order valence-corrected chi connectivity index (χ1v) is 5.85. The number of hydrogen-bond acceptors (Lipinski definition) is 1. The molecular weight excluding hydrogens is 313 g/mol. The van der Waals surface area contributed by atoms with Crippen molar-refractivity contribution in [2.45, 2.75) is 0 Å². The lowest BCUT2D eigenvalue weighted by molar-refractivity contribution is 0.592. The molecule has 1 N–H and O–H groups in total. The Kier molecular flexibility index (Phi) is 2.34. The Bertz CT molecular complexity index is 754.